The maximum atomic E-state index is 12.3. The maximum absolute atomic E-state index is 12.3. The molecule has 1 saturated heterocycles. The monoisotopic (exact) mass is 494 g/mol. The Kier molecular flexibility index (Phi) is 7.94. The molecule has 1 heterocycles. The van der Waals surface area contributed by atoms with Crippen LogP contribution in [0.2, 0.25) is 0 Å². The van der Waals surface area contributed by atoms with Crippen molar-refractivity contribution in [2.24, 2.45) is 0 Å². The van der Waals surface area contributed by atoms with Crippen LogP contribution < -0.4 is 18.6 Å². The van der Waals surface area contributed by atoms with Crippen LogP contribution in [0, 0.1) is 0 Å². The van der Waals surface area contributed by atoms with Gasteiger partial charge in [-0.1, -0.05) is 36.4 Å². The quantitative estimate of drug-likeness (QED) is 0.408. The van der Waals surface area contributed by atoms with Crippen molar-refractivity contribution < 1.29 is 22.1 Å². The van der Waals surface area contributed by atoms with Crippen molar-refractivity contribution in [1.29, 1.82) is 0 Å². The van der Waals surface area contributed by atoms with E-state index in [1.807, 2.05) is 54.6 Å². The number of ether oxygens (including phenoxy) is 2. The Morgan fingerprint density at radius 1 is 0.829 bits per heavy atom. The van der Waals surface area contributed by atoms with E-state index in [0.29, 0.717) is 5.75 Å². The molecule has 0 aromatic heterocycles. The van der Waals surface area contributed by atoms with Gasteiger partial charge in [-0.3, -0.25) is 4.90 Å². The zero-order valence-electron chi connectivity index (χ0n) is 20.0. The molecule has 4 rings (SSSR count). The summed E-state index contributed by atoms with van der Waals surface area (Å²) in [6.07, 6.45) is 1.52. The minimum Gasteiger partial charge on any atom is -0.493 e. The summed E-state index contributed by atoms with van der Waals surface area (Å²) in [6, 6.07) is 22.4. The summed E-state index contributed by atoms with van der Waals surface area (Å²) in [7, 11) is -0.552. The highest BCUT2D eigenvalue weighted by atomic mass is 32.2. The molecule has 184 valence electrons. The highest BCUT2D eigenvalue weighted by Gasteiger charge is 2.18. The van der Waals surface area contributed by atoms with Crippen LogP contribution in [-0.2, 0) is 16.7 Å². The Hall–Kier alpha value is -3.49. The number of benzene rings is 3. The molecule has 0 saturated carbocycles. The van der Waals surface area contributed by atoms with Crippen molar-refractivity contribution >= 4 is 21.9 Å². The largest absolute Gasteiger partial charge is 0.493 e. The number of rotatable bonds is 9. The van der Waals surface area contributed by atoms with Crippen LogP contribution >= 0.6 is 0 Å². The molecule has 3 aromatic rings. The minimum atomic E-state index is -3.83. The van der Waals surface area contributed by atoms with E-state index >= 15 is 0 Å². The summed E-state index contributed by atoms with van der Waals surface area (Å²) in [5, 5.41) is 1.08. The Morgan fingerprint density at radius 2 is 1.51 bits per heavy atom. The third-order valence-electron chi connectivity index (χ3n) is 5.87. The Balaban J connectivity index is 1.30. The van der Waals surface area contributed by atoms with Gasteiger partial charge < -0.3 is 18.6 Å². The van der Waals surface area contributed by atoms with E-state index in [-0.39, 0.29) is 0 Å². The standard InChI is InChI=1S/C27H30N2O5S/c1-32-26-13-8-23(20-27(26)33-2)21-28-15-17-29(18-16-28)24-9-11-25(12-10-24)34-35(30,31)19-14-22-6-4-3-5-7-22/h3-14,19-20H,15-18,21H2,1-2H3/b19-14+. The molecule has 0 N–H and O–H groups in total. The first-order valence-electron chi connectivity index (χ1n) is 11.4. The fourth-order valence-corrected chi connectivity index (χ4v) is 4.76. The number of anilines is 1. The van der Waals surface area contributed by atoms with Gasteiger partial charge in [-0.2, -0.15) is 8.42 Å². The van der Waals surface area contributed by atoms with Gasteiger partial charge in [-0.25, -0.2) is 0 Å². The van der Waals surface area contributed by atoms with Gasteiger partial charge in [0.25, 0.3) is 0 Å². The van der Waals surface area contributed by atoms with E-state index in [1.165, 1.54) is 11.6 Å². The van der Waals surface area contributed by atoms with E-state index in [2.05, 4.69) is 15.9 Å². The fraction of sp³-hybridized carbons (Fsp3) is 0.259. The minimum absolute atomic E-state index is 0.290. The maximum Gasteiger partial charge on any atom is 0.332 e. The molecule has 8 heteroatoms. The van der Waals surface area contributed by atoms with Crippen LogP contribution in [0.3, 0.4) is 0 Å². The number of hydrogen-bond acceptors (Lipinski definition) is 7. The summed E-state index contributed by atoms with van der Waals surface area (Å²) in [5.41, 5.74) is 3.01. The Bertz CT molecular complexity index is 1240. The van der Waals surface area contributed by atoms with Crippen LogP contribution in [0.1, 0.15) is 11.1 Å². The van der Waals surface area contributed by atoms with Gasteiger partial charge in [-0.15, -0.1) is 0 Å². The lowest BCUT2D eigenvalue weighted by atomic mass is 10.1. The molecular weight excluding hydrogens is 464 g/mol. The normalized spacial score (nSPS) is 14.7. The fourth-order valence-electron chi connectivity index (χ4n) is 4.00. The summed E-state index contributed by atoms with van der Waals surface area (Å²) >= 11 is 0. The lowest BCUT2D eigenvalue weighted by molar-refractivity contribution is 0.249. The number of nitrogens with zero attached hydrogens (tertiary/aromatic N) is 2. The smallest absolute Gasteiger partial charge is 0.332 e. The average molecular weight is 495 g/mol. The molecule has 1 aliphatic rings. The van der Waals surface area contributed by atoms with Gasteiger partial charge in [-0.05, 0) is 53.6 Å². The van der Waals surface area contributed by atoms with E-state index in [1.54, 1.807) is 26.4 Å². The first-order chi connectivity index (χ1) is 17.0. The molecule has 0 radical (unpaired) electrons. The van der Waals surface area contributed by atoms with Crippen LogP contribution in [0.5, 0.6) is 17.2 Å². The van der Waals surface area contributed by atoms with Crippen molar-refractivity contribution in [1.82, 2.24) is 4.90 Å². The van der Waals surface area contributed by atoms with Crippen LogP contribution in [0.15, 0.2) is 78.2 Å². The van der Waals surface area contributed by atoms with E-state index in [9.17, 15) is 8.42 Å². The Morgan fingerprint density at radius 3 is 2.17 bits per heavy atom. The zero-order valence-corrected chi connectivity index (χ0v) is 20.8. The molecule has 0 atom stereocenters. The number of hydrogen-bond donors (Lipinski definition) is 0. The molecule has 0 aliphatic carbocycles. The lowest BCUT2D eigenvalue weighted by Gasteiger charge is -2.36. The van der Waals surface area contributed by atoms with Crippen LogP contribution in [-0.4, -0.2) is 53.7 Å². The van der Waals surface area contributed by atoms with Crippen molar-refractivity contribution in [3.05, 3.63) is 89.3 Å². The second-order valence-electron chi connectivity index (χ2n) is 8.24. The molecule has 35 heavy (non-hydrogen) atoms. The molecule has 0 amide bonds. The predicted molar refractivity (Wildman–Crippen MR) is 139 cm³/mol. The van der Waals surface area contributed by atoms with Gasteiger partial charge in [0.05, 0.1) is 19.6 Å². The molecule has 3 aromatic carbocycles. The first kappa shape index (κ1) is 24.6. The van der Waals surface area contributed by atoms with E-state index in [0.717, 1.165) is 60.9 Å². The molecule has 7 nitrogen and oxygen atoms in total. The molecule has 1 aliphatic heterocycles. The van der Waals surface area contributed by atoms with E-state index in [4.69, 9.17) is 13.7 Å². The molecule has 0 unspecified atom stereocenters. The van der Waals surface area contributed by atoms with Gasteiger partial charge in [0, 0.05) is 38.4 Å². The summed E-state index contributed by atoms with van der Waals surface area (Å²) in [4.78, 5) is 4.69. The van der Waals surface area contributed by atoms with Gasteiger partial charge in [0.15, 0.2) is 11.5 Å². The predicted octanol–water partition coefficient (Wildman–Crippen LogP) is 4.41. The SMILES string of the molecule is COc1ccc(CN2CCN(c3ccc(OS(=O)(=O)/C=C/c4ccccc4)cc3)CC2)cc1OC. The number of methoxy groups -OCH3 is 2. The molecule has 0 spiro atoms. The van der Waals surface area contributed by atoms with Gasteiger partial charge >= 0.3 is 10.1 Å². The summed E-state index contributed by atoms with van der Waals surface area (Å²) in [6.45, 7) is 4.45. The molecule has 0 bridgehead atoms. The number of piperazine rings is 1. The van der Waals surface area contributed by atoms with Crippen molar-refractivity contribution in [2.45, 2.75) is 6.54 Å². The molecule has 1 fully saturated rings. The highest BCUT2D eigenvalue weighted by molar-refractivity contribution is 7.90. The first-order valence-corrected chi connectivity index (χ1v) is 12.9. The average Bonchev–Trinajstić information content (AvgIpc) is 2.89. The summed E-state index contributed by atoms with van der Waals surface area (Å²) in [5.74, 6) is 1.76. The van der Waals surface area contributed by atoms with Crippen molar-refractivity contribution in [2.75, 3.05) is 45.3 Å². The Labute approximate surface area is 207 Å². The highest BCUT2D eigenvalue weighted by Crippen LogP contribution is 2.28. The topological polar surface area (TPSA) is 68.3 Å². The van der Waals surface area contributed by atoms with Crippen molar-refractivity contribution in [3.8, 4) is 17.2 Å². The summed E-state index contributed by atoms with van der Waals surface area (Å²) < 4.78 is 40.5. The van der Waals surface area contributed by atoms with Crippen LogP contribution in [0.4, 0.5) is 5.69 Å². The van der Waals surface area contributed by atoms with Gasteiger partial charge in [0.2, 0.25) is 0 Å². The second kappa shape index (κ2) is 11.3. The second-order valence-corrected chi connectivity index (χ2v) is 9.66. The molecular formula is C27H30N2O5S. The zero-order chi connectivity index (χ0) is 24.7. The lowest BCUT2D eigenvalue weighted by Crippen LogP contribution is -2.45. The van der Waals surface area contributed by atoms with Crippen molar-refractivity contribution in [3.63, 3.8) is 0 Å². The van der Waals surface area contributed by atoms with E-state index < -0.39 is 10.1 Å². The van der Waals surface area contributed by atoms with Crippen LogP contribution in [0.25, 0.3) is 6.08 Å². The third-order valence-corrected chi connectivity index (χ3v) is 6.76. The third kappa shape index (κ3) is 6.77. The van der Waals surface area contributed by atoms with Gasteiger partial charge in [0.1, 0.15) is 5.75 Å².